The second-order valence-electron chi connectivity index (χ2n) is 5.80. The predicted octanol–water partition coefficient (Wildman–Crippen LogP) is 4.01. The molecule has 0 unspecified atom stereocenters. The summed E-state index contributed by atoms with van der Waals surface area (Å²) in [6.07, 6.45) is 4.81. The molecule has 0 saturated heterocycles. The third-order valence-corrected chi connectivity index (χ3v) is 3.17. The first-order valence-corrected chi connectivity index (χ1v) is 7.21. The van der Waals surface area contributed by atoms with Gasteiger partial charge in [-0.3, -0.25) is 4.98 Å². The summed E-state index contributed by atoms with van der Waals surface area (Å²) in [7, 11) is 1.74. The van der Waals surface area contributed by atoms with Gasteiger partial charge in [-0.25, -0.2) is 4.79 Å². The summed E-state index contributed by atoms with van der Waals surface area (Å²) in [5.74, 6) is 0. The van der Waals surface area contributed by atoms with Crippen LogP contribution in [0.3, 0.4) is 0 Å². The highest BCUT2D eigenvalue weighted by Crippen LogP contribution is 2.24. The van der Waals surface area contributed by atoms with E-state index in [0.29, 0.717) is 6.54 Å². The standard InChI is InChI=1S/C15H23ClN2O2/c1-15(2,3)20-14(19)18(4)10-6-8-13(16)12-7-5-9-17-11-12/h5,7,9,11,13H,6,8,10H2,1-4H3/t13-/m0/s1. The maximum absolute atomic E-state index is 11.8. The first-order chi connectivity index (χ1) is 9.29. The van der Waals surface area contributed by atoms with E-state index in [-0.39, 0.29) is 11.5 Å². The van der Waals surface area contributed by atoms with Crippen molar-refractivity contribution in [2.45, 2.75) is 44.6 Å². The van der Waals surface area contributed by atoms with E-state index in [9.17, 15) is 4.79 Å². The molecule has 0 aliphatic heterocycles. The highest BCUT2D eigenvalue weighted by molar-refractivity contribution is 6.20. The van der Waals surface area contributed by atoms with E-state index in [1.54, 1.807) is 24.3 Å². The number of carbonyl (C=O) groups is 1. The number of nitrogens with zero attached hydrogens (tertiary/aromatic N) is 2. The predicted molar refractivity (Wildman–Crippen MR) is 80.9 cm³/mol. The molecule has 1 rings (SSSR count). The number of alkyl halides is 1. The molecule has 1 aromatic rings. The summed E-state index contributed by atoms with van der Waals surface area (Å²) < 4.78 is 5.29. The third kappa shape index (κ3) is 6.24. The van der Waals surface area contributed by atoms with Crippen LogP contribution in [0.5, 0.6) is 0 Å². The van der Waals surface area contributed by atoms with Gasteiger partial charge in [0.2, 0.25) is 0 Å². The summed E-state index contributed by atoms with van der Waals surface area (Å²) in [6, 6.07) is 3.83. The minimum atomic E-state index is -0.462. The van der Waals surface area contributed by atoms with E-state index in [2.05, 4.69) is 4.98 Å². The van der Waals surface area contributed by atoms with Crippen LogP contribution in [0.4, 0.5) is 4.79 Å². The minimum Gasteiger partial charge on any atom is -0.444 e. The van der Waals surface area contributed by atoms with Gasteiger partial charge in [0.25, 0.3) is 0 Å². The van der Waals surface area contributed by atoms with Crippen LogP contribution in [-0.2, 0) is 4.74 Å². The largest absolute Gasteiger partial charge is 0.444 e. The lowest BCUT2D eigenvalue weighted by molar-refractivity contribution is 0.0296. The van der Waals surface area contributed by atoms with E-state index in [1.807, 2.05) is 32.9 Å². The summed E-state index contributed by atoms with van der Waals surface area (Å²) in [5, 5.41) is -0.0734. The minimum absolute atomic E-state index is 0.0734. The van der Waals surface area contributed by atoms with Gasteiger partial charge in [-0.1, -0.05) is 6.07 Å². The zero-order chi connectivity index (χ0) is 15.2. The lowest BCUT2D eigenvalue weighted by atomic mass is 10.1. The summed E-state index contributed by atoms with van der Waals surface area (Å²) in [5.41, 5.74) is 0.546. The SMILES string of the molecule is CN(CCC[C@H](Cl)c1cccnc1)C(=O)OC(C)(C)C. The molecule has 20 heavy (non-hydrogen) atoms. The van der Waals surface area contributed by atoms with Crippen molar-refractivity contribution in [2.24, 2.45) is 0 Å². The fraction of sp³-hybridized carbons (Fsp3) is 0.600. The number of ether oxygens (including phenoxy) is 1. The summed E-state index contributed by atoms with van der Waals surface area (Å²) in [6.45, 7) is 6.19. The highest BCUT2D eigenvalue weighted by atomic mass is 35.5. The molecule has 0 bridgehead atoms. The topological polar surface area (TPSA) is 42.4 Å². The second kappa shape index (κ2) is 7.48. The Kier molecular flexibility index (Phi) is 6.27. The molecular weight excluding hydrogens is 276 g/mol. The lowest BCUT2D eigenvalue weighted by Gasteiger charge is -2.24. The number of amides is 1. The van der Waals surface area contributed by atoms with Crippen molar-refractivity contribution in [3.05, 3.63) is 30.1 Å². The molecule has 0 fully saturated rings. The van der Waals surface area contributed by atoms with Gasteiger partial charge >= 0.3 is 6.09 Å². The Bertz CT molecular complexity index is 418. The van der Waals surface area contributed by atoms with Gasteiger partial charge in [0.05, 0.1) is 5.38 Å². The van der Waals surface area contributed by atoms with Gasteiger partial charge in [-0.2, -0.15) is 0 Å². The number of hydrogen-bond donors (Lipinski definition) is 0. The van der Waals surface area contributed by atoms with Crippen molar-refractivity contribution >= 4 is 17.7 Å². The lowest BCUT2D eigenvalue weighted by Crippen LogP contribution is -2.34. The molecule has 0 N–H and O–H groups in total. The van der Waals surface area contributed by atoms with Crippen molar-refractivity contribution in [2.75, 3.05) is 13.6 Å². The van der Waals surface area contributed by atoms with Crippen LogP contribution in [-0.4, -0.2) is 35.2 Å². The fourth-order valence-corrected chi connectivity index (χ4v) is 1.95. The number of pyridine rings is 1. The van der Waals surface area contributed by atoms with Crippen molar-refractivity contribution < 1.29 is 9.53 Å². The van der Waals surface area contributed by atoms with Crippen LogP contribution < -0.4 is 0 Å². The average molecular weight is 299 g/mol. The van der Waals surface area contributed by atoms with Crippen molar-refractivity contribution in [3.63, 3.8) is 0 Å². The van der Waals surface area contributed by atoms with E-state index >= 15 is 0 Å². The summed E-state index contributed by atoms with van der Waals surface area (Å²) >= 11 is 6.30. The van der Waals surface area contributed by atoms with Gasteiger partial charge in [-0.15, -0.1) is 11.6 Å². The smallest absolute Gasteiger partial charge is 0.410 e. The molecule has 1 atom stereocenters. The molecule has 1 aromatic heterocycles. The van der Waals surface area contributed by atoms with Gasteiger partial charge in [0.15, 0.2) is 0 Å². The Morgan fingerprint density at radius 3 is 2.75 bits per heavy atom. The van der Waals surface area contributed by atoms with E-state index in [1.165, 1.54) is 0 Å². The Morgan fingerprint density at radius 2 is 2.20 bits per heavy atom. The zero-order valence-electron chi connectivity index (χ0n) is 12.6. The van der Waals surface area contributed by atoms with Crippen LogP contribution in [0.25, 0.3) is 0 Å². The molecule has 0 aromatic carbocycles. The second-order valence-corrected chi connectivity index (χ2v) is 6.32. The van der Waals surface area contributed by atoms with Crippen molar-refractivity contribution in [1.29, 1.82) is 0 Å². The van der Waals surface area contributed by atoms with Crippen LogP contribution >= 0.6 is 11.6 Å². The molecule has 5 heteroatoms. The van der Waals surface area contributed by atoms with Crippen LogP contribution in [0.1, 0.15) is 44.6 Å². The number of halogens is 1. The Balaban J connectivity index is 2.32. The molecule has 112 valence electrons. The highest BCUT2D eigenvalue weighted by Gasteiger charge is 2.19. The van der Waals surface area contributed by atoms with E-state index in [0.717, 1.165) is 18.4 Å². The van der Waals surface area contributed by atoms with Crippen molar-refractivity contribution in [1.82, 2.24) is 9.88 Å². The quantitative estimate of drug-likeness (QED) is 0.771. The van der Waals surface area contributed by atoms with E-state index in [4.69, 9.17) is 16.3 Å². The van der Waals surface area contributed by atoms with Crippen LogP contribution in [0.15, 0.2) is 24.5 Å². The fourth-order valence-electron chi connectivity index (χ4n) is 1.67. The average Bonchev–Trinajstić information content (AvgIpc) is 2.37. The Morgan fingerprint density at radius 1 is 1.50 bits per heavy atom. The van der Waals surface area contributed by atoms with Gasteiger partial charge in [0.1, 0.15) is 5.60 Å². The number of rotatable bonds is 5. The molecule has 0 saturated carbocycles. The molecule has 0 aliphatic rings. The number of hydrogen-bond acceptors (Lipinski definition) is 3. The molecule has 0 spiro atoms. The number of carbonyl (C=O) groups excluding carboxylic acids is 1. The van der Waals surface area contributed by atoms with Gasteiger partial charge < -0.3 is 9.64 Å². The zero-order valence-corrected chi connectivity index (χ0v) is 13.4. The van der Waals surface area contributed by atoms with Crippen molar-refractivity contribution in [3.8, 4) is 0 Å². The first-order valence-electron chi connectivity index (χ1n) is 6.77. The molecule has 1 amide bonds. The Hall–Kier alpha value is -1.29. The van der Waals surface area contributed by atoms with Crippen LogP contribution in [0.2, 0.25) is 0 Å². The summed E-state index contributed by atoms with van der Waals surface area (Å²) in [4.78, 5) is 17.4. The van der Waals surface area contributed by atoms with Crippen LogP contribution in [0, 0.1) is 0 Å². The molecule has 4 nitrogen and oxygen atoms in total. The molecular formula is C15H23ClN2O2. The molecule has 0 aliphatic carbocycles. The van der Waals surface area contributed by atoms with Gasteiger partial charge in [-0.05, 0) is 45.2 Å². The third-order valence-electron chi connectivity index (χ3n) is 2.70. The number of aromatic nitrogens is 1. The Labute approximate surface area is 126 Å². The maximum Gasteiger partial charge on any atom is 0.410 e. The molecule has 0 radical (unpaired) electrons. The van der Waals surface area contributed by atoms with E-state index < -0.39 is 5.60 Å². The van der Waals surface area contributed by atoms with Gasteiger partial charge in [0, 0.05) is 26.0 Å². The monoisotopic (exact) mass is 298 g/mol. The maximum atomic E-state index is 11.8. The first kappa shape index (κ1) is 16.8. The molecule has 1 heterocycles. The normalized spacial score (nSPS) is 12.8.